The molecule has 0 atom stereocenters. The highest BCUT2D eigenvalue weighted by atomic mass is 16.2. The third-order valence-corrected chi connectivity index (χ3v) is 3.47. The number of nitrogens with one attached hydrogen (secondary N) is 1. The lowest BCUT2D eigenvalue weighted by molar-refractivity contribution is 0.225. The maximum Gasteiger partial charge on any atom is 0.323 e. The van der Waals surface area contributed by atoms with Crippen molar-refractivity contribution in [3.05, 3.63) is 30.6 Å². The van der Waals surface area contributed by atoms with Crippen LogP contribution in [0, 0.1) is 0 Å². The molecule has 3 rings (SSSR count). The number of aromatic amines is 1. The molecule has 0 bridgehead atoms. The maximum atomic E-state index is 12.0. The molecule has 0 aliphatic carbocycles. The summed E-state index contributed by atoms with van der Waals surface area (Å²) >= 11 is 0. The molecule has 0 spiro atoms. The van der Waals surface area contributed by atoms with Crippen molar-refractivity contribution in [2.75, 3.05) is 31.8 Å². The second-order valence-electron chi connectivity index (χ2n) is 5.19. The van der Waals surface area contributed by atoms with Crippen molar-refractivity contribution in [1.29, 1.82) is 0 Å². The van der Waals surface area contributed by atoms with Crippen LogP contribution in [0.2, 0.25) is 0 Å². The quantitative estimate of drug-likeness (QED) is 0.732. The Kier molecular flexibility index (Phi) is 7.64. The summed E-state index contributed by atoms with van der Waals surface area (Å²) in [6.45, 7) is 8.00. The van der Waals surface area contributed by atoms with Gasteiger partial charge in [-0.15, -0.1) is 0 Å². The second-order valence-corrected chi connectivity index (χ2v) is 5.19. The molecule has 2 heterocycles. The fraction of sp³-hybridized carbons (Fsp3) is 0.389. The van der Waals surface area contributed by atoms with Crippen molar-refractivity contribution in [3.63, 3.8) is 0 Å². The van der Waals surface area contributed by atoms with E-state index in [0.29, 0.717) is 11.5 Å². The summed E-state index contributed by atoms with van der Waals surface area (Å²) in [5, 5.41) is 12.0. The van der Waals surface area contributed by atoms with E-state index in [2.05, 4.69) is 15.3 Å². The molecule has 8 heteroatoms. The molecule has 2 amide bonds. The number of nitrogen functional groups attached to an aromatic ring is 1. The van der Waals surface area contributed by atoms with Crippen molar-refractivity contribution in [2.24, 2.45) is 0 Å². The van der Waals surface area contributed by atoms with Crippen molar-refractivity contribution in [3.8, 4) is 5.69 Å². The lowest BCUT2D eigenvalue weighted by Gasteiger charge is -2.19. The van der Waals surface area contributed by atoms with Crippen molar-refractivity contribution >= 4 is 28.4 Å². The standard InChI is InChI=1S/C14H17N7O.2C2H6/c1-19(2)14(22)20(3)9-7-16-21(8-9)11-6-4-5-10-12(11)13(15)18-17-10;2*1-2/h4-8H,1-3H3,(H3,15,17,18);2*1-2H3. The second kappa shape index (κ2) is 9.45. The first-order chi connectivity index (χ1) is 12.5. The van der Waals surface area contributed by atoms with E-state index >= 15 is 0 Å². The number of hydrogen-bond acceptors (Lipinski definition) is 4. The highest BCUT2D eigenvalue weighted by molar-refractivity contribution is 5.96. The monoisotopic (exact) mass is 359 g/mol. The number of rotatable bonds is 2. The fourth-order valence-corrected chi connectivity index (χ4v) is 2.30. The number of anilines is 2. The number of fused-ring (bicyclic) bond motifs is 1. The van der Waals surface area contributed by atoms with E-state index in [0.717, 1.165) is 16.6 Å². The number of nitrogens with zero attached hydrogens (tertiary/aromatic N) is 5. The molecule has 0 aliphatic rings. The van der Waals surface area contributed by atoms with Gasteiger partial charge in [0, 0.05) is 21.1 Å². The van der Waals surface area contributed by atoms with Gasteiger partial charge in [-0.3, -0.25) is 10.00 Å². The normalized spacial score (nSPS) is 9.65. The molecule has 0 aliphatic heterocycles. The van der Waals surface area contributed by atoms with Gasteiger partial charge in [0.15, 0.2) is 5.82 Å². The number of nitrogens with two attached hydrogens (primary N) is 1. The summed E-state index contributed by atoms with van der Waals surface area (Å²) in [5.41, 5.74) is 8.25. The van der Waals surface area contributed by atoms with E-state index in [1.165, 1.54) is 9.80 Å². The number of carbonyl (C=O) groups excluding carboxylic acids is 1. The zero-order valence-corrected chi connectivity index (χ0v) is 16.6. The van der Waals surface area contributed by atoms with Crippen LogP contribution in [-0.2, 0) is 0 Å². The molecule has 0 saturated heterocycles. The van der Waals surface area contributed by atoms with Crippen molar-refractivity contribution < 1.29 is 4.79 Å². The van der Waals surface area contributed by atoms with E-state index in [1.54, 1.807) is 38.2 Å². The van der Waals surface area contributed by atoms with Gasteiger partial charge in [-0.1, -0.05) is 33.8 Å². The average Bonchev–Trinajstić information content (AvgIpc) is 3.31. The van der Waals surface area contributed by atoms with Gasteiger partial charge in [-0.2, -0.15) is 10.2 Å². The number of H-pyrrole nitrogens is 1. The van der Waals surface area contributed by atoms with Crippen LogP contribution in [0.25, 0.3) is 16.6 Å². The van der Waals surface area contributed by atoms with Gasteiger partial charge in [-0.25, -0.2) is 9.48 Å². The molecule has 26 heavy (non-hydrogen) atoms. The predicted molar refractivity (Wildman–Crippen MR) is 108 cm³/mol. The Balaban J connectivity index is 0.000000791. The highest BCUT2D eigenvalue weighted by Gasteiger charge is 2.16. The Morgan fingerprint density at radius 3 is 2.42 bits per heavy atom. The van der Waals surface area contributed by atoms with Gasteiger partial charge in [-0.05, 0) is 12.1 Å². The number of hydrogen-bond donors (Lipinski definition) is 2. The summed E-state index contributed by atoms with van der Waals surface area (Å²) in [6.07, 6.45) is 3.42. The molecule has 1 aromatic carbocycles. The minimum Gasteiger partial charge on any atom is -0.382 e. The lowest BCUT2D eigenvalue weighted by atomic mass is 10.2. The fourth-order valence-electron chi connectivity index (χ4n) is 2.30. The Bertz CT molecular complexity index is 835. The van der Waals surface area contributed by atoms with Gasteiger partial charge >= 0.3 is 6.03 Å². The average molecular weight is 359 g/mol. The lowest BCUT2D eigenvalue weighted by Crippen LogP contribution is -2.36. The number of amides is 2. The van der Waals surface area contributed by atoms with Crippen LogP contribution >= 0.6 is 0 Å². The summed E-state index contributed by atoms with van der Waals surface area (Å²) in [4.78, 5) is 15.0. The van der Waals surface area contributed by atoms with Crippen LogP contribution in [0.5, 0.6) is 0 Å². The third kappa shape index (κ3) is 4.14. The number of carbonyl (C=O) groups is 1. The minimum atomic E-state index is -0.124. The minimum absolute atomic E-state index is 0.124. The number of urea groups is 1. The van der Waals surface area contributed by atoms with Crippen molar-refractivity contribution in [1.82, 2.24) is 24.9 Å². The van der Waals surface area contributed by atoms with Gasteiger partial charge in [0.2, 0.25) is 0 Å². The van der Waals surface area contributed by atoms with Crippen LogP contribution in [0.4, 0.5) is 16.3 Å². The van der Waals surface area contributed by atoms with E-state index in [4.69, 9.17) is 5.73 Å². The zero-order chi connectivity index (χ0) is 19.9. The highest BCUT2D eigenvalue weighted by Crippen LogP contribution is 2.26. The van der Waals surface area contributed by atoms with Crippen molar-refractivity contribution in [2.45, 2.75) is 27.7 Å². The molecular formula is C18H29N7O. The smallest absolute Gasteiger partial charge is 0.323 e. The van der Waals surface area contributed by atoms with Crippen LogP contribution < -0.4 is 10.6 Å². The molecular weight excluding hydrogens is 330 g/mol. The molecule has 8 nitrogen and oxygen atoms in total. The van der Waals surface area contributed by atoms with E-state index in [1.807, 2.05) is 45.9 Å². The predicted octanol–water partition coefficient (Wildman–Crippen LogP) is 3.50. The molecule has 0 unspecified atom stereocenters. The maximum absolute atomic E-state index is 12.0. The molecule has 0 saturated carbocycles. The summed E-state index contributed by atoms with van der Waals surface area (Å²) in [6, 6.07) is 5.57. The molecule has 142 valence electrons. The zero-order valence-electron chi connectivity index (χ0n) is 16.6. The molecule has 0 fully saturated rings. The summed E-state index contributed by atoms with van der Waals surface area (Å²) in [5.74, 6) is 0.417. The van der Waals surface area contributed by atoms with Gasteiger partial charge in [0.25, 0.3) is 0 Å². The molecule has 3 N–H and O–H groups in total. The third-order valence-electron chi connectivity index (χ3n) is 3.47. The molecule has 2 aromatic heterocycles. The van der Waals surface area contributed by atoms with Crippen LogP contribution in [-0.4, -0.2) is 52.1 Å². The van der Waals surface area contributed by atoms with Crippen LogP contribution in [0.3, 0.4) is 0 Å². The van der Waals surface area contributed by atoms with Gasteiger partial charge < -0.3 is 10.6 Å². The van der Waals surface area contributed by atoms with Crippen LogP contribution in [0.1, 0.15) is 27.7 Å². The first-order valence-corrected chi connectivity index (χ1v) is 8.71. The number of benzene rings is 1. The molecule has 0 radical (unpaired) electrons. The number of aromatic nitrogens is 4. The Labute approximate surface area is 154 Å². The Hall–Kier alpha value is -3.03. The van der Waals surface area contributed by atoms with E-state index < -0.39 is 0 Å². The van der Waals surface area contributed by atoms with Gasteiger partial charge in [0.05, 0.1) is 34.7 Å². The molecule has 3 aromatic rings. The summed E-state index contributed by atoms with van der Waals surface area (Å²) < 4.78 is 1.68. The Morgan fingerprint density at radius 2 is 1.81 bits per heavy atom. The Morgan fingerprint density at radius 1 is 1.15 bits per heavy atom. The van der Waals surface area contributed by atoms with E-state index in [9.17, 15) is 4.79 Å². The first kappa shape index (κ1) is 21.0. The largest absolute Gasteiger partial charge is 0.382 e. The summed E-state index contributed by atoms with van der Waals surface area (Å²) in [7, 11) is 5.11. The SMILES string of the molecule is CC.CC.CN(C)C(=O)N(C)c1cnn(-c2cccc3[nH]nc(N)c23)c1. The first-order valence-electron chi connectivity index (χ1n) is 8.71. The van der Waals surface area contributed by atoms with Crippen LogP contribution in [0.15, 0.2) is 30.6 Å². The topological polar surface area (TPSA) is 96.1 Å². The van der Waals surface area contributed by atoms with E-state index in [-0.39, 0.29) is 6.03 Å². The van der Waals surface area contributed by atoms with Gasteiger partial charge in [0.1, 0.15) is 0 Å².